The van der Waals surface area contributed by atoms with Crippen molar-refractivity contribution in [2.24, 2.45) is 0 Å². The molecule has 9 heteroatoms. The van der Waals surface area contributed by atoms with E-state index in [1.54, 1.807) is 12.1 Å². The maximum absolute atomic E-state index is 13.7. The van der Waals surface area contributed by atoms with Crippen LogP contribution in [0.15, 0.2) is 111 Å². The van der Waals surface area contributed by atoms with Crippen LogP contribution in [0.5, 0.6) is 0 Å². The number of ketones is 1. The van der Waals surface area contributed by atoms with E-state index in [2.05, 4.69) is 10.2 Å². The van der Waals surface area contributed by atoms with Crippen LogP contribution in [0.3, 0.4) is 0 Å². The predicted molar refractivity (Wildman–Crippen MR) is 143 cm³/mol. The Kier molecular flexibility index (Phi) is 6.07. The second-order valence-electron chi connectivity index (χ2n) is 8.35. The fourth-order valence-corrected chi connectivity index (χ4v) is 6.11. The van der Waals surface area contributed by atoms with Gasteiger partial charge in [-0.05, 0) is 23.3 Å². The molecule has 1 atom stereocenters. The molecule has 37 heavy (non-hydrogen) atoms. The van der Waals surface area contributed by atoms with Gasteiger partial charge in [-0.15, -0.1) is 10.2 Å². The van der Waals surface area contributed by atoms with Gasteiger partial charge in [-0.25, -0.2) is 0 Å². The number of Topliss-reactive ketones (excluding diaryl/α,β-unsaturated/α-hetero) is 1. The van der Waals surface area contributed by atoms with Crippen molar-refractivity contribution < 1.29 is 19.1 Å². The SMILES string of the molecule is O=C(C1=C(O)C(=O)N(c2nnc(SCc3ccccc3)s2)[C@@H]1c1ccccc1)c1cc2ccccc2o1. The molecule has 0 unspecified atom stereocenters. The lowest BCUT2D eigenvalue weighted by Crippen LogP contribution is -2.31. The number of nitrogens with zero attached hydrogens (tertiary/aromatic N) is 3. The Labute approximate surface area is 220 Å². The molecule has 5 aromatic rings. The van der Waals surface area contributed by atoms with Crippen LogP contribution in [0.4, 0.5) is 5.13 Å². The quantitative estimate of drug-likeness (QED) is 0.150. The van der Waals surface area contributed by atoms with Crippen molar-refractivity contribution in [3.63, 3.8) is 0 Å². The number of benzene rings is 3. The Morgan fingerprint density at radius 1 is 0.973 bits per heavy atom. The third kappa shape index (κ3) is 4.32. The zero-order chi connectivity index (χ0) is 25.4. The first-order chi connectivity index (χ1) is 18.1. The van der Waals surface area contributed by atoms with Gasteiger partial charge < -0.3 is 9.52 Å². The summed E-state index contributed by atoms with van der Waals surface area (Å²) in [5.41, 5.74) is 2.30. The van der Waals surface area contributed by atoms with Gasteiger partial charge in [0, 0.05) is 11.1 Å². The number of hydrogen-bond acceptors (Lipinski definition) is 8. The number of carbonyl (C=O) groups excluding carboxylic acids is 2. The Balaban J connectivity index is 1.36. The van der Waals surface area contributed by atoms with Gasteiger partial charge in [0.05, 0.1) is 11.6 Å². The van der Waals surface area contributed by atoms with Crippen LogP contribution in [0.25, 0.3) is 11.0 Å². The molecule has 3 aromatic carbocycles. The number of aromatic nitrogens is 2. The second kappa shape index (κ2) is 9.68. The van der Waals surface area contributed by atoms with Crippen molar-refractivity contribution in [1.29, 1.82) is 0 Å². The van der Waals surface area contributed by atoms with Gasteiger partial charge in [0.25, 0.3) is 5.91 Å². The summed E-state index contributed by atoms with van der Waals surface area (Å²) in [6, 6.07) is 27.1. The highest BCUT2D eigenvalue weighted by Gasteiger charge is 2.46. The van der Waals surface area contributed by atoms with Gasteiger partial charge in [-0.1, -0.05) is 102 Å². The van der Waals surface area contributed by atoms with Crippen LogP contribution in [0.1, 0.15) is 27.7 Å². The topological polar surface area (TPSA) is 96.5 Å². The smallest absolute Gasteiger partial charge is 0.296 e. The van der Waals surface area contributed by atoms with Crippen molar-refractivity contribution in [1.82, 2.24) is 10.2 Å². The molecule has 1 N–H and O–H groups in total. The van der Waals surface area contributed by atoms with Gasteiger partial charge in [-0.2, -0.15) is 0 Å². The minimum atomic E-state index is -0.880. The van der Waals surface area contributed by atoms with Crippen molar-refractivity contribution in [3.8, 4) is 0 Å². The van der Waals surface area contributed by atoms with E-state index in [1.165, 1.54) is 28.0 Å². The third-order valence-electron chi connectivity index (χ3n) is 6.02. The van der Waals surface area contributed by atoms with Crippen LogP contribution >= 0.6 is 23.1 Å². The highest BCUT2D eigenvalue weighted by Crippen LogP contribution is 2.44. The molecular formula is C28H19N3O4S2. The molecule has 1 aliphatic heterocycles. The molecule has 0 spiro atoms. The Morgan fingerprint density at radius 2 is 1.68 bits per heavy atom. The number of furan rings is 1. The lowest BCUT2D eigenvalue weighted by molar-refractivity contribution is -0.117. The van der Waals surface area contributed by atoms with Gasteiger partial charge in [0.15, 0.2) is 15.9 Å². The number of amides is 1. The minimum absolute atomic E-state index is 0.0506. The summed E-state index contributed by atoms with van der Waals surface area (Å²) in [4.78, 5) is 28.4. The van der Waals surface area contributed by atoms with Crippen molar-refractivity contribution in [3.05, 3.63) is 119 Å². The fraction of sp³-hybridized carbons (Fsp3) is 0.0714. The molecule has 3 heterocycles. The standard InChI is InChI=1S/C28H19N3O4S2/c32-24(21-15-19-13-7-8-14-20(19)35-21)22-23(18-11-5-2-6-12-18)31(26(34)25(22)33)27-29-30-28(37-27)36-16-17-9-3-1-4-10-17/h1-15,23,33H,16H2/t23-/m1/s1. The predicted octanol–water partition coefficient (Wildman–Crippen LogP) is 6.36. The summed E-state index contributed by atoms with van der Waals surface area (Å²) in [6.07, 6.45) is 0. The van der Waals surface area contributed by atoms with Crippen LogP contribution in [-0.4, -0.2) is 27.0 Å². The van der Waals surface area contributed by atoms with Gasteiger partial charge >= 0.3 is 0 Å². The zero-order valence-corrected chi connectivity index (χ0v) is 20.9. The van der Waals surface area contributed by atoms with E-state index in [9.17, 15) is 14.7 Å². The average molecular weight is 526 g/mol. The maximum Gasteiger partial charge on any atom is 0.296 e. The summed E-state index contributed by atoms with van der Waals surface area (Å²) in [5.74, 6) is -1.13. The highest BCUT2D eigenvalue weighted by molar-refractivity contribution is 8.00. The number of aliphatic hydroxyl groups is 1. The normalized spacial score (nSPS) is 15.6. The van der Waals surface area contributed by atoms with E-state index in [1.807, 2.05) is 78.9 Å². The zero-order valence-electron chi connectivity index (χ0n) is 19.3. The molecular weight excluding hydrogens is 506 g/mol. The molecule has 6 rings (SSSR count). The Hall–Kier alpha value is -4.21. The van der Waals surface area contributed by atoms with Gasteiger partial charge in [0.1, 0.15) is 5.58 Å². The molecule has 182 valence electrons. The van der Waals surface area contributed by atoms with E-state index in [-0.39, 0.29) is 11.3 Å². The van der Waals surface area contributed by atoms with E-state index < -0.39 is 23.5 Å². The number of rotatable bonds is 7. The number of para-hydroxylation sites is 1. The summed E-state index contributed by atoms with van der Waals surface area (Å²) in [6.45, 7) is 0. The van der Waals surface area contributed by atoms with Crippen molar-refractivity contribution in [2.75, 3.05) is 4.90 Å². The number of aliphatic hydroxyl groups excluding tert-OH is 1. The van der Waals surface area contributed by atoms with E-state index in [0.29, 0.717) is 26.4 Å². The molecule has 0 saturated heterocycles. The summed E-state index contributed by atoms with van der Waals surface area (Å²) >= 11 is 2.75. The monoisotopic (exact) mass is 525 g/mol. The first-order valence-corrected chi connectivity index (χ1v) is 13.3. The molecule has 0 bridgehead atoms. The molecule has 1 aliphatic rings. The number of thioether (sulfide) groups is 1. The lowest BCUT2D eigenvalue weighted by atomic mass is 9.95. The van der Waals surface area contributed by atoms with Gasteiger partial charge in [0.2, 0.25) is 10.9 Å². The summed E-state index contributed by atoms with van der Waals surface area (Å²) in [5, 5.41) is 20.5. The molecule has 1 amide bonds. The van der Waals surface area contributed by atoms with Crippen LogP contribution < -0.4 is 4.90 Å². The molecule has 2 aromatic heterocycles. The van der Waals surface area contributed by atoms with Crippen LogP contribution in [0.2, 0.25) is 0 Å². The first kappa shape index (κ1) is 23.2. The summed E-state index contributed by atoms with van der Waals surface area (Å²) < 4.78 is 6.45. The van der Waals surface area contributed by atoms with Crippen LogP contribution in [-0.2, 0) is 10.5 Å². The largest absolute Gasteiger partial charge is 0.503 e. The summed E-state index contributed by atoms with van der Waals surface area (Å²) in [7, 11) is 0. The van der Waals surface area contributed by atoms with Gasteiger partial charge in [-0.3, -0.25) is 14.5 Å². The molecule has 0 aliphatic carbocycles. The molecule has 7 nitrogen and oxygen atoms in total. The second-order valence-corrected chi connectivity index (χ2v) is 10.5. The van der Waals surface area contributed by atoms with E-state index >= 15 is 0 Å². The van der Waals surface area contributed by atoms with E-state index in [4.69, 9.17) is 4.42 Å². The number of fused-ring (bicyclic) bond motifs is 1. The first-order valence-electron chi connectivity index (χ1n) is 11.5. The average Bonchev–Trinajstić information content (AvgIpc) is 3.65. The third-order valence-corrected chi connectivity index (χ3v) is 8.15. The van der Waals surface area contributed by atoms with Crippen molar-refractivity contribution >= 4 is 50.9 Å². The Bertz CT molecular complexity index is 1610. The number of hydrogen-bond donors (Lipinski definition) is 1. The fourth-order valence-electron chi connectivity index (χ4n) is 4.29. The van der Waals surface area contributed by atoms with E-state index in [0.717, 1.165) is 10.9 Å². The van der Waals surface area contributed by atoms with Crippen LogP contribution in [0, 0.1) is 0 Å². The molecule has 0 saturated carbocycles. The minimum Gasteiger partial charge on any atom is -0.503 e. The lowest BCUT2D eigenvalue weighted by Gasteiger charge is -2.23. The van der Waals surface area contributed by atoms with Crippen molar-refractivity contribution in [2.45, 2.75) is 16.1 Å². The highest BCUT2D eigenvalue weighted by atomic mass is 32.2. The number of anilines is 1. The Morgan fingerprint density at radius 3 is 2.43 bits per heavy atom. The maximum atomic E-state index is 13.7. The molecule has 0 fully saturated rings. The number of carbonyl (C=O) groups is 2. The molecule has 0 radical (unpaired) electrons.